The Morgan fingerprint density at radius 2 is 1.91 bits per heavy atom. The number of anilines is 1. The normalized spacial score (nSPS) is 19.8. The predicted octanol–water partition coefficient (Wildman–Crippen LogP) is 9.18. The van der Waals surface area contributed by atoms with Crippen LogP contribution in [-0.4, -0.2) is 46.7 Å². The number of benzene rings is 3. The van der Waals surface area contributed by atoms with E-state index in [0.29, 0.717) is 34.0 Å². The maximum Gasteiger partial charge on any atom is 0.266 e. The third-order valence-electron chi connectivity index (χ3n) is 8.70. The maximum absolute atomic E-state index is 14.0. The number of nitrogens with zero attached hydrogens (tertiary/aromatic N) is 3. The van der Waals surface area contributed by atoms with Crippen molar-refractivity contribution in [3.63, 3.8) is 0 Å². The quantitative estimate of drug-likeness (QED) is 0.198. The van der Waals surface area contributed by atoms with E-state index in [1.54, 1.807) is 12.0 Å². The Bertz CT molecular complexity index is 1760. The number of hydrogen-bond donors (Lipinski definition) is 1. The molecule has 0 bridgehead atoms. The van der Waals surface area contributed by atoms with Crippen LogP contribution in [0.5, 0.6) is 5.75 Å². The number of thioether (sulfide) groups is 1. The fourth-order valence-electron chi connectivity index (χ4n) is 6.55. The summed E-state index contributed by atoms with van der Waals surface area (Å²) in [5, 5.41) is 2.48. The molecule has 0 aliphatic carbocycles. The minimum absolute atomic E-state index is 0.0567. The van der Waals surface area contributed by atoms with Crippen molar-refractivity contribution < 1.29 is 9.53 Å². The minimum Gasteiger partial charge on any atom is -0.497 e. The van der Waals surface area contributed by atoms with Gasteiger partial charge in [0.05, 0.1) is 17.7 Å². The Labute approximate surface area is 269 Å². The molecule has 1 saturated heterocycles. The zero-order valence-electron chi connectivity index (χ0n) is 26.0. The van der Waals surface area contributed by atoms with Crippen LogP contribution < -0.4 is 9.64 Å². The largest absolute Gasteiger partial charge is 0.497 e. The lowest BCUT2D eigenvalue weighted by Crippen LogP contribution is -2.48. The summed E-state index contributed by atoms with van der Waals surface area (Å²) in [6.45, 7) is 10.6. The number of aliphatic imine (C=N–C) groups is 1. The maximum atomic E-state index is 14.0. The number of hydrogen-bond acceptors (Lipinski definition) is 5. The van der Waals surface area contributed by atoms with Gasteiger partial charge in [-0.2, -0.15) is 0 Å². The van der Waals surface area contributed by atoms with Gasteiger partial charge in [0.25, 0.3) is 5.91 Å². The number of nitrogens with one attached hydrogen (secondary N) is 1. The van der Waals surface area contributed by atoms with E-state index in [4.69, 9.17) is 21.3 Å². The molecule has 1 aromatic heterocycles. The number of fused-ring (bicyclic) bond motifs is 2. The molecule has 1 fully saturated rings. The molecule has 44 heavy (non-hydrogen) atoms. The molecule has 1 atom stereocenters. The average molecular weight is 627 g/mol. The molecule has 4 aromatic rings. The number of carbonyl (C=O) groups excluding carboxylic acids is 1. The molecule has 0 radical (unpaired) electrons. The van der Waals surface area contributed by atoms with Crippen LogP contribution in [0.25, 0.3) is 17.0 Å². The summed E-state index contributed by atoms with van der Waals surface area (Å²) in [5.74, 6) is 1.09. The van der Waals surface area contributed by atoms with E-state index in [9.17, 15) is 4.79 Å². The molecule has 0 saturated carbocycles. The predicted molar refractivity (Wildman–Crippen MR) is 186 cm³/mol. The number of amides is 1. The first-order valence-corrected chi connectivity index (χ1v) is 16.5. The van der Waals surface area contributed by atoms with E-state index >= 15 is 0 Å². The third-order valence-corrected chi connectivity index (χ3v) is 10.0. The fraction of sp³-hybridized carbons (Fsp3) is 0.333. The summed E-state index contributed by atoms with van der Waals surface area (Å²) in [4.78, 5) is 27.2. The van der Waals surface area contributed by atoms with E-state index in [1.165, 1.54) is 34.0 Å². The van der Waals surface area contributed by atoms with Crippen molar-refractivity contribution in [2.24, 2.45) is 4.99 Å². The molecular weight excluding hydrogens is 588 g/mol. The second-order valence-electron chi connectivity index (χ2n) is 12.3. The number of H-pyrrole nitrogens is 1. The van der Waals surface area contributed by atoms with Gasteiger partial charge >= 0.3 is 0 Å². The molecule has 1 unspecified atom stereocenters. The van der Waals surface area contributed by atoms with Gasteiger partial charge in [0.1, 0.15) is 5.75 Å². The number of methoxy groups -OCH3 is 1. The average Bonchev–Trinajstić information content (AvgIpc) is 3.55. The highest BCUT2D eigenvalue weighted by molar-refractivity contribution is 8.18. The standard InChI is InChI=1S/C36H39ClN4O2S/c1-6-16-41-32-20-30(37)25(18-29(32)23(2)21-36(41,3)4)19-33-34(42)40(17-15-24-22-38-31-10-8-7-9-28(24)31)35(44-33)39-26-11-13-27(43-5)14-12-26/h7-14,18-20,22-23,38H,6,15-17,21H2,1-5H3/b33-19+,39-35?. The lowest BCUT2D eigenvalue weighted by Gasteiger charge is -2.47. The topological polar surface area (TPSA) is 60.9 Å². The number of ether oxygens (including phenoxy) is 1. The van der Waals surface area contributed by atoms with E-state index in [0.717, 1.165) is 41.9 Å². The number of halogens is 1. The number of aromatic amines is 1. The number of rotatable bonds is 8. The monoisotopic (exact) mass is 626 g/mol. The molecule has 2 aliphatic rings. The molecular formula is C36H39ClN4O2S. The zero-order valence-corrected chi connectivity index (χ0v) is 27.6. The Hall–Kier alpha value is -3.68. The van der Waals surface area contributed by atoms with E-state index in [2.05, 4.69) is 61.8 Å². The van der Waals surface area contributed by atoms with Crippen LogP contribution in [-0.2, 0) is 11.2 Å². The van der Waals surface area contributed by atoms with Crippen LogP contribution in [0, 0.1) is 0 Å². The van der Waals surface area contributed by atoms with Crippen LogP contribution in [0.2, 0.25) is 5.02 Å². The van der Waals surface area contributed by atoms with Gasteiger partial charge in [-0.05, 0) is 116 Å². The van der Waals surface area contributed by atoms with Gasteiger partial charge in [0.2, 0.25) is 0 Å². The lowest BCUT2D eigenvalue weighted by molar-refractivity contribution is -0.122. The SMILES string of the molecule is CCCN1c2cc(Cl)c(/C=C3/SC(=Nc4ccc(OC)cc4)N(CCc4c[nH]c5ccccc45)C3=O)cc2C(C)CC1(C)C. The molecule has 6 nitrogen and oxygen atoms in total. The molecule has 228 valence electrons. The van der Waals surface area contributed by atoms with Crippen molar-refractivity contribution in [3.8, 4) is 5.75 Å². The summed E-state index contributed by atoms with van der Waals surface area (Å²) in [7, 11) is 1.64. The Morgan fingerprint density at radius 1 is 1.14 bits per heavy atom. The van der Waals surface area contributed by atoms with Crippen molar-refractivity contribution in [3.05, 3.63) is 93.5 Å². The smallest absolute Gasteiger partial charge is 0.266 e. The van der Waals surface area contributed by atoms with Crippen molar-refractivity contribution in [2.75, 3.05) is 25.1 Å². The molecule has 3 aromatic carbocycles. The van der Waals surface area contributed by atoms with Crippen molar-refractivity contribution in [2.45, 2.75) is 58.4 Å². The van der Waals surface area contributed by atoms with Gasteiger partial charge in [-0.15, -0.1) is 0 Å². The van der Waals surface area contributed by atoms with Crippen LogP contribution in [0.1, 0.15) is 63.1 Å². The third kappa shape index (κ3) is 5.87. The summed E-state index contributed by atoms with van der Waals surface area (Å²) in [6.07, 6.45) is 6.81. The van der Waals surface area contributed by atoms with Crippen LogP contribution in [0.15, 0.2) is 76.8 Å². The number of para-hydroxylation sites is 1. The molecule has 1 N–H and O–H groups in total. The lowest BCUT2D eigenvalue weighted by atomic mass is 9.79. The fourth-order valence-corrected chi connectivity index (χ4v) is 7.77. The number of aromatic nitrogens is 1. The van der Waals surface area contributed by atoms with Crippen LogP contribution in [0.4, 0.5) is 11.4 Å². The van der Waals surface area contributed by atoms with Crippen molar-refractivity contribution in [1.82, 2.24) is 9.88 Å². The van der Waals surface area contributed by atoms with E-state index in [-0.39, 0.29) is 11.4 Å². The molecule has 2 aliphatic heterocycles. The summed E-state index contributed by atoms with van der Waals surface area (Å²) in [5.41, 5.74) is 6.44. The Morgan fingerprint density at radius 3 is 2.66 bits per heavy atom. The van der Waals surface area contributed by atoms with E-state index < -0.39 is 0 Å². The molecule has 8 heteroatoms. The summed E-state index contributed by atoms with van der Waals surface area (Å²) < 4.78 is 5.32. The van der Waals surface area contributed by atoms with Crippen molar-refractivity contribution in [1.29, 1.82) is 0 Å². The molecule has 1 amide bonds. The van der Waals surface area contributed by atoms with Crippen LogP contribution >= 0.6 is 23.4 Å². The highest BCUT2D eigenvalue weighted by Gasteiger charge is 2.37. The number of carbonyl (C=O) groups is 1. The second-order valence-corrected chi connectivity index (χ2v) is 13.7. The van der Waals surface area contributed by atoms with Gasteiger partial charge in [-0.25, -0.2) is 4.99 Å². The van der Waals surface area contributed by atoms with Gasteiger partial charge in [-0.3, -0.25) is 9.69 Å². The van der Waals surface area contributed by atoms with Gasteiger partial charge in [0.15, 0.2) is 5.17 Å². The summed E-state index contributed by atoms with van der Waals surface area (Å²) >= 11 is 8.36. The van der Waals surface area contributed by atoms with Gasteiger partial charge in [-0.1, -0.05) is 43.6 Å². The zero-order chi connectivity index (χ0) is 31.0. The number of amidine groups is 1. The first kappa shape index (κ1) is 30.4. The van der Waals surface area contributed by atoms with E-state index in [1.807, 2.05) is 48.7 Å². The van der Waals surface area contributed by atoms with Crippen molar-refractivity contribution >= 4 is 62.8 Å². The highest BCUT2D eigenvalue weighted by atomic mass is 35.5. The second kappa shape index (κ2) is 12.4. The summed E-state index contributed by atoms with van der Waals surface area (Å²) in [6, 6.07) is 20.1. The Kier molecular flexibility index (Phi) is 8.53. The molecule has 0 spiro atoms. The Balaban J connectivity index is 1.34. The van der Waals surface area contributed by atoms with Gasteiger partial charge in [0, 0.05) is 46.4 Å². The molecule has 3 heterocycles. The first-order chi connectivity index (χ1) is 21.2. The minimum atomic E-state index is -0.0577. The molecule has 6 rings (SSSR count). The van der Waals surface area contributed by atoms with Gasteiger partial charge < -0.3 is 14.6 Å². The first-order valence-electron chi connectivity index (χ1n) is 15.3. The highest BCUT2D eigenvalue weighted by Crippen LogP contribution is 2.46. The van der Waals surface area contributed by atoms with Crippen LogP contribution in [0.3, 0.4) is 0 Å².